The Morgan fingerprint density at radius 3 is 3.00 bits per heavy atom. The zero-order valence-corrected chi connectivity index (χ0v) is 10.0. The van der Waals surface area contributed by atoms with Crippen LogP contribution in [0.5, 0.6) is 0 Å². The van der Waals surface area contributed by atoms with Crippen LogP contribution in [0.25, 0.3) is 0 Å². The lowest BCUT2D eigenvalue weighted by Gasteiger charge is -2.07. The van der Waals surface area contributed by atoms with Crippen LogP contribution in [0.2, 0.25) is 0 Å². The second-order valence-corrected chi connectivity index (χ2v) is 4.41. The number of hydrogen-bond acceptors (Lipinski definition) is 4. The number of hydrogen-bond donors (Lipinski definition) is 3. The lowest BCUT2D eigenvalue weighted by Crippen LogP contribution is -2.29. The van der Waals surface area contributed by atoms with Gasteiger partial charge in [0.25, 0.3) is 0 Å². The van der Waals surface area contributed by atoms with E-state index in [1.165, 1.54) is 0 Å². The van der Waals surface area contributed by atoms with Crippen LogP contribution < -0.4 is 11.5 Å². The molecule has 0 fully saturated rings. The molecule has 1 aliphatic heterocycles. The molecule has 0 radical (unpaired) electrons. The number of carbonyl (C=O) groups is 1. The fraction of sp³-hybridized carbons (Fsp3) is 0.667. The molecule has 1 heterocycles. The van der Waals surface area contributed by atoms with E-state index < -0.39 is 12.0 Å². The van der Waals surface area contributed by atoms with Crippen molar-refractivity contribution in [2.24, 2.45) is 16.5 Å². The average molecular weight is 239 g/mol. The normalized spacial score (nSPS) is 23.1. The van der Waals surface area contributed by atoms with Gasteiger partial charge in [-0.25, -0.2) is 0 Å². The Bertz CT molecular complexity index is 313. The fourth-order valence-electron chi connectivity index (χ4n) is 1.82. The number of rotatable bonds is 5. The number of amidine groups is 1. The van der Waals surface area contributed by atoms with E-state index in [2.05, 4.69) is 4.99 Å². The predicted molar refractivity (Wildman–Crippen MR) is 67.9 cm³/mol. The number of carboxylic acids is 1. The first kappa shape index (κ1) is 13.7. The maximum Gasteiger partial charge on any atom is 0.320 e. The molecule has 5 nitrogen and oxygen atoms in total. The summed E-state index contributed by atoms with van der Waals surface area (Å²) in [5.74, 6) is -0.227. The van der Waals surface area contributed by atoms with E-state index in [9.17, 15) is 4.79 Å². The second kappa shape index (κ2) is 7.06. The van der Waals surface area contributed by atoms with Gasteiger partial charge in [-0.3, -0.25) is 9.79 Å². The molecular weight excluding hydrogens is 218 g/mol. The highest BCUT2D eigenvalue weighted by Gasteiger charge is 2.11. The van der Waals surface area contributed by atoms with Crippen LogP contribution in [0, 0.1) is 0 Å². The zero-order valence-electron chi connectivity index (χ0n) is 10.0. The fourth-order valence-corrected chi connectivity index (χ4v) is 1.82. The molecule has 0 spiro atoms. The van der Waals surface area contributed by atoms with E-state index in [0.717, 1.165) is 37.9 Å². The van der Waals surface area contributed by atoms with Crippen molar-refractivity contribution in [3.05, 3.63) is 12.2 Å². The molecule has 0 aromatic heterocycles. The van der Waals surface area contributed by atoms with E-state index in [-0.39, 0.29) is 6.04 Å². The first-order valence-electron chi connectivity index (χ1n) is 6.05. The summed E-state index contributed by atoms with van der Waals surface area (Å²) in [5, 5.41) is 8.60. The zero-order chi connectivity index (χ0) is 12.7. The topological polar surface area (TPSA) is 102 Å². The number of aliphatic carboxylic acids is 1. The summed E-state index contributed by atoms with van der Waals surface area (Å²) < 4.78 is 0. The minimum Gasteiger partial charge on any atom is -0.480 e. The Hall–Kier alpha value is -1.36. The van der Waals surface area contributed by atoms with Crippen LogP contribution in [-0.2, 0) is 4.79 Å². The lowest BCUT2D eigenvalue weighted by atomic mass is 10.1. The van der Waals surface area contributed by atoms with Crippen molar-refractivity contribution in [3.8, 4) is 0 Å². The molecule has 5 heteroatoms. The third-order valence-electron chi connectivity index (χ3n) is 2.85. The molecule has 2 atom stereocenters. The van der Waals surface area contributed by atoms with E-state index in [0.29, 0.717) is 6.42 Å². The van der Waals surface area contributed by atoms with Crippen LogP contribution in [-0.4, -0.2) is 29.0 Å². The molecule has 0 aromatic carbocycles. The van der Waals surface area contributed by atoms with Gasteiger partial charge >= 0.3 is 5.97 Å². The third kappa shape index (κ3) is 5.49. The van der Waals surface area contributed by atoms with E-state index in [1.54, 1.807) is 0 Å². The summed E-state index contributed by atoms with van der Waals surface area (Å²) in [7, 11) is 0. The first-order valence-corrected chi connectivity index (χ1v) is 6.05. The van der Waals surface area contributed by atoms with Crippen LogP contribution >= 0.6 is 0 Å². The van der Waals surface area contributed by atoms with E-state index in [1.807, 2.05) is 12.2 Å². The van der Waals surface area contributed by atoms with Gasteiger partial charge in [0.05, 0.1) is 11.9 Å². The highest BCUT2D eigenvalue weighted by atomic mass is 16.4. The molecule has 1 rings (SSSR count). The van der Waals surface area contributed by atoms with E-state index >= 15 is 0 Å². The summed E-state index contributed by atoms with van der Waals surface area (Å²) in [6, 6.07) is -0.566. The smallest absolute Gasteiger partial charge is 0.320 e. The summed E-state index contributed by atoms with van der Waals surface area (Å²) in [6.45, 7) is 0. The molecule has 96 valence electrons. The van der Waals surface area contributed by atoms with E-state index in [4.69, 9.17) is 16.6 Å². The van der Waals surface area contributed by atoms with Crippen LogP contribution in [0.15, 0.2) is 17.1 Å². The van der Waals surface area contributed by atoms with Gasteiger partial charge in [-0.15, -0.1) is 0 Å². The Kier molecular flexibility index (Phi) is 5.69. The molecule has 5 N–H and O–H groups in total. The number of nitrogens with two attached hydrogens (primary N) is 2. The van der Waals surface area contributed by atoms with Crippen molar-refractivity contribution in [2.45, 2.75) is 50.6 Å². The van der Waals surface area contributed by atoms with Crippen molar-refractivity contribution in [3.63, 3.8) is 0 Å². The van der Waals surface area contributed by atoms with Gasteiger partial charge in [-0.1, -0.05) is 18.6 Å². The SMILES string of the molecule is NC1=N[C@H](CC=CC[C@@H](N)C(=O)O)CCCC1. The monoisotopic (exact) mass is 239 g/mol. The van der Waals surface area contributed by atoms with Crippen LogP contribution in [0.4, 0.5) is 0 Å². The minimum atomic E-state index is -0.966. The molecule has 0 bridgehead atoms. The maximum atomic E-state index is 10.5. The van der Waals surface area contributed by atoms with Crippen molar-refractivity contribution in [1.82, 2.24) is 0 Å². The number of nitrogens with zero attached hydrogens (tertiary/aromatic N) is 1. The minimum absolute atomic E-state index is 0.245. The molecule has 0 aromatic rings. The van der Waals surface area contributed by atoms with Crippen molar-refractivity contribution in [2.75, 3.05) is 0 Å². The van der Waals surface area contributed by atoms with Crippen molar-refractivity contribution < 1.29 is 9.90 Å². The molecule has 1 aliphatic rings. The Morgan fingerprint density at radius 2 is 2.29 bits per heavy atom. The van der Waals surface area contributed by atoms with Crippen molar-refractivity contribution in [1.29, 1.82) is 0 Å². The molecule has 0 saturated heterocycles. The summed E-state index contributed by atoms with van der Waals surface area (Å²) in [4.78, 5) is 14.9. The van der Waals surface area contributed by atoms with Gasteiger partial charge in [-0.2, -0.15) is 0 Å². The number of carboxylic acid groups (broad SMARTS) is 1. The highest BCUT2D eigenvalue weighted by molar-refractivity contribution is 5.80. The molecule has 0 amide bonds. The van der Waals surface area contributed by atoms with Gasteiger partial charge in [0.1, 0.15) is 6.04 Å². The molecular formula is C12H21N3O2. The molecule has 0 aliphatic carbocycles. The lowest BCUT2D eigenvalue weighted by molar-refractivity contribution is -0.138. The van der Waals surface area contributed by atoms with Crippen LogP contribution in [0.1, 0.15) is 38.5 Å². The standard InChI is InChI=1S/C12H21N3O2/c13-10(12(16)17)7-3-1-5-9-6-2-4-8-11(14)15-9/h1,3,9-10H,2,4-8,13H2,(H2,14,15)(H,16,17)/t9-,10-/m1/s1. The first-order chi connectivity index (χ1) is 8.09. The maximum absolute atomic E-state index is 10.5. The summed E-state index contributed by atoms with van der Waals surface area (Å²) in [6.07, 6.45) is 9.15. The Morgan fingerprint density at radius 1 is 1.53 bits per heavy atom. The highest BCUT2D eigenvalue weighted by Crippen LogP contribution is 2.15. The van der Waals surface area contributed by atoms with Gasteiger partial charge in [0.15, 0.2) is 0 Å². The quantitative estimate of drug-likeness (QED) is 0.624. The third-order valence-corrected chi connectivity index (χ3v) is 2.85. The molecule has 0 saturated carbocycles. The molecule has 17 heavy (non-hydrogen) atoms. The second-order valence-electron chi connectivity index (χ2n) is 4.41. The number of aliphatic imine (C=N–C) groups is 1. The van der Waals surface area contributed by atoms with Gasteiger partial charge in [-0.05, 0) is 25.7 Å². The Balaban J connectivity index is 2.31. The van der Waals surface area contributed by atoms with Gasteiger partial charge in [0.2, 0.25) is 0 Å². The summed E-state index contributed by atoms with van der Waals surface area (Å²) >= 11 is 0. The Labute approximate surface area is 102 Å². The summed E-state index contributed by atoms with van der Waals surface area (Å²) in [5.41, 5.74) is 11.1. The average Bonchev–Trinajstić information content (AvgIpc) is 2.48. The largest absolute Gasteiger partial charge is 0.480 e. The predicted octanol–water partition coefficient (Wildman–Crippen LogP) is 1.03. The van der Waals surface area contributed by atoms with Crippen LogP contribution in [0.3, 0.4) is 0 Å². The van der Waals surface area contributed by atoms with Crippen molar-refractivity contribution >= 4 is 11.8 Å². The van der Waals surface area contributed by atoms with Gasteiger partial charge < -0.3 is 16.6 Å². The van der Waals surface area contributed by atoms with Gasteiger partial charge in [0, 0.05) is 6.42 Å². The molecule has 0 unspecified atom stereocenters.